The van der Waals surface area contributed by atoms with Gasteiger partial charge >= 0.3 is 0 Å². The van der Waals surface area contributed by atoms with Crippen LogP contribution in [0.15, 0.2) is 29.1 Å². The standard InChI is InChI=1S/C12H7F2N3O/c1-7-4-12(18)10(6-15)16-17(7)11-3-2-8(13)5-9(11)14/h2-5H,1H3. The highest BCUT2D eigenvalue weighted by Crippen LogP contribution is 2.14. The molecule has 0 spiro atoms. The number of rotatable bonds is 1. The number of nitriles is 1. The summed E-state index contributed by atoms with van der Waals surface area (Å²) in [5, 5.41) is 12.4. The van der Waals surface area contributed by atoms with E-state index in [4.69, 9.17) is 5.26 Å². The Labute approximate surface area is 101 Å². The van der Waals surface area contributed by atoms with Gasteiger partial charge in [-0.3, -0.25) is 4.79 Å². The lowest BCUT2D eigenvalue weighted by atomic mass is 10.2. The highest BCUT2D eigenvalue weighted by Gasteiger charge is 2.11. The van der Waals surface area contributed by atoms with Crippen molar-refractivity contribution >= 4 is 0 Å². The first kappa shape index (κ1) is 11.9. The van der Waals surface area contributed by atoms with Gasteiger partial charge in [0, 0.05) is 17.8 Å². The number of halogens is 2. The molecule has 4 nitrogen and oxygen atoms in total. The summed E-state index contributed by atoms with van der Waals surface area (Å²) in [6.07, 6.45) is 0. The summed E-state index contributed by atoms with van der Waals surface area (Å²) in [6, 6.07) is 5.77. The highest BCUT2D eigenvalue weighted by atomic mass is 19.1. The van der Waals surface area contributed by atoms with Crippen LogP contribution in [0.25, 0.3) is 5.69 Å². The van der Waals surface area contributed by atoms with Gasteiger partial charge in [0.05, 0.1) is 0 Å². The van der Waals surface area contributed by atoms with Gasteiger partial charge in [0.25, 0.3) is 0 Å². The molecule has 0 saturated carbocycles. The maximum absolute atomic E-state index is 13.6. The Bertz CT molecular complexity index is 716. The third kappa shape index (κ3) is 1.98. The van der Waals surface area contributed by atoms with E-state index >= 15 is 0 Å². The number of aromatic nitrogens is 2. The van der Waals surface area contributed by atoms with E-state index < -0.39 is 17.1 Å². The van der Waals surface area contributed by atoms with Crippen LogP contribution in [0.4, 0.5) is 8.78 Å². The fourth-order valence-corrected chi connectivity index (χ4v) is 1.52. The molecule has 0 saturated heterocycles. The largest absolute Gasteiger partial charge is 0.287 e. The van der Waals surface area contributed by atoms with Gasteiger partial charge in [0.1, 0.15) is 17.6 Å². The number of nitrogens with zero attached hydrogens (tertiary/aromatic N) is 3. The summed E-state index contributed by atoms with van der Waals surface area (Å²) in [6.45, 7) is 1.54. The molecule has 0 fully saturated rings. The van der Waals surface area contributed by atoms with Gasteiger partial charge in [-0.1, -0.05) is 0 Å². The lowest BCUT2D eigenvalue weighted by molar-refractivity contribution is 0.570. The zero-order valence-corrected chi connectivity index (χ0v) is 9.32. The Hall–Kier alpha value is -2.55. The first-order chi connectivity index (χ1) is 8.52. The molecule has 6 heteroatoms. The van der Waals surface area contributed by atoms with Crippen molar-refractivity contribution in [2.24, 2.45) is 0 Å². The minimum atomic E-state index is -0.821. The van der Waals surface area contributed by atoms with Gasteiger partial charge in [-0.15, -0.1) is 0 Å². The van der Waals surface area contributed by atoms with Crippen molar-refractivity contribution in [3.8, 4) is 11.8 Å². The van der Waals surface area contributed by atoms with E-state index in [0.717, 1.165) is 10.7 Å². The molecule has 18 heavy (non-hydrogen) atoms. The van der Waals surface area contributed by atoms with E-state index in [1.54, 1.807) is 13.0 Å². The van der Waals surface area contributed by atoms with Crippen LogP contribution in [0.2, 0.25) is 0 Å². The number of benzene rings is 1. The molecule has 90 valence electrons. The smallest absolute Gasteiger partial charge is 0.218 e. The third-order valence-corrected chi connectivity index (χ3v) is 2.35. The Morgan fingerprint density at radius 1 is 1.33 bits per heavy atom. The van der Waals surface area contributed by atoms with Crippen molar-refractivity contribution in [1.82, 2.24) is 9.78 Å². The van der Waals surface area contributed by atoms with E-state index in [2.05, 4.69) is 5.10 Å². The Morgan fingerprint density at radius 2 is 2.06 bits per heavy atom. The monoisotopic (exact) mass is 247 g/mol. The zero-order chi connectivity index (χ0) is 13.3. The van der Waals surface area contributed by atoms with Gasteiger partial charge in [-0.25, -0.2) is 13.5 Å². The summed E-state index contributed by atoms with van der Waals surface area (Å²) < 4.78 is 27.5. The normalized spacial score (nSPS) is 10.1. The summed E-state index contributed by atoms with van der Waals surface area (Å²) in [7, 11) is 0. The van der Waals surface area contributed by atoms with Crippen LogP contribution in [0.3, 0.4) is 0 Å². The molecule has 0 N–H and O–H groups in total. The van der Waals surface area contributed by atoms with Gasteiger partial charge in [0.2, 0.25) is 11.1 Å². The SMILES string of the molecule is Cc1cc(=O)c(C#N)nn1-c1ccc(F)cc1F. The summed E-state index contributed by atoms with van der Waals surface area (Å²) in [5.74, 6) is -1.53. The van der Waals surface area contributed by atoms with Crippen LogP contribution in [0, 0.1) is 29.9 Å². The van der Waals surface area contributed by atoms with Crippen LogP contribution >= 0.6 is 0 Å². The van der Waals surface area contributed by atoms with Crippen molar-refractivity contribution in [3.63, 3.8) is 0 Å². The van der Waals surface area contributed by atoms with Crippen LogP contribution in [0.5, 0.6) is 0 Å². The molecule has 0 bridgehead atoms. The van der Waals surface area contributed by atoms with Gasteiger partial charge in [0.15, 0.2) is 5.82 Å². The predicted molar refractivity (Wildman–Crippen MR) is 59.2 cm³/mol. The van der Waals surface area contributed by atoms with Crippen LogP contribution in [-0.2, 0) is 0 Å². The zero-order valence-electron chi connectivity index (χ0n) is 9.32. The fourth-order valence-electron chi connectivity index (χ4n) is 1.52. The molecule has 0 aliphatic carbocycles. The molecule has 1 aromatic carbocycles. The molecule has 1 heterocycles. The van der Waals surface area contributed by atoms with E-state index in [1.165, 1.54) is 12.1 Å². The summed E-state index contributed by atoms with van der Waals surface area (Å²) >= 11 is 0. The van der Waals surface area contributed by atoms with Crippen LogP contribution < -0.4 is 5.43 Å². The Morgan fingerprint density at radius 3 is 2.67 bits per heavy atom. The molecule has 0 atom stereocenters. The van der Waals surface area contributed by atoms with Crippen molar-refractivity contribution in [3.05, 3.63) is 57.5 Å². The average molecular weight is 247 g/mol. The van der Waals surface area contributed by atoms with Crippen molar-refractivity contribution in [1.29, 1.82) is 5.26 Å². The molecule has 0 aliphatic rings. The van der Waals surface area contributed by atoms with E-state index in [9.17, 15) is 13.6 Å². The van der Waals surface area contributed by atoms with Gasteiger partial charge in [-0.2, -0.15) is 10.4 Å². The van der Waals surface area contributed by atoms with Crippen molar-refractivity contribution in [2.75, 3.05) is 0 Å². The number of aryl methyl sites for hydroxylation is 1. The second kappa shape index (κ2) is 4.37. The lowest BCUT2D eigenvalue weighted by Crippen LogP contribution is -2.17. The summed E-state index contributed by atoms with van der Waals surface area (Å²) in [4.78, 5) is 11.3. The van der Waals surface area contributed by atoms with Crippen LogP contribution in [0.1, 0.15) is 11.4 Å². The highest BCUT2D eigenvalue weighted by molar-refractivity contribution is 5.35. The van der Waals surface area contributed by atoms with Crippen molar-refractivity contribution < 1.29 is 8.78 Å². The summed E-state index contributed by atoms with van der Waals surface area (Å²) in [5.41, 5.74) is -0.548. The quantitative estimate of drug-likeness (QED) is 0.770. The fraction of sp³-hybridized carbons (Fsp3) is 0.0833. The second-order valence-electron chi connectivity index (χ2n) is 3.62. The van der Waals surface area contributed by atoms with Gasteiger partial charge < -0.3 is 0 Å². The maximum atomic E-state index is 13.6. The molecule has 0 radical (unpaired) electrons. The van der Waals surface area contributed by atoms with Crippen LogP contribution in [-0.4, -0.2) is 9.78 Å². The second-order valence-corrected chi connectivity index (χ2v) is 3.62. The van der Waals surface area contributed by atoms with E-state index in [0.29, 0.717) is 11.8 Å². The minimum Gasteiger partial charge on any atom is -0.287 e. The van der Waals surface area contributed by atoms with Crippen molar-refractivity contribution in [2.45, 2.75) is 6.92 Å². The first-order valence-corrected chi connectivity index (χ1v) is 4.99. The topological polar surface area (TPSA) is 58.7 Å². The molecule has 0 amide bonds. The Kier molecular flexibility index (Phi) is 2.90. The number of hydrogen-bond acceptors (Lipinski definition) is 3. The predicted octanol–water partition coefficient (Wildman–Crippen LogP) is 1.69. The van der Waals surface area contributed by atoms with E-state index in [-0.39, 0.29) is 11.4 Å². The maximum Gasteiger partial charge on any atom is 0.218 e. The molecule has 2 aromatic rings. The Balaban J connectivity index is 2.72. The minimum absolute atomic E-state index is 0.0228. The molecule has 1 aromatic heterocycles. The van der Waals surface area contributed by atoms with Gasteiger partial charge in [-0.05, 0) is 19.1 Å². The molecule has 2 rings (SSSR count). The average Bonchev–Trinajstić information content (AvgIpc) is 2.30. The molecule has 0 aliphatic heterocycles. The molecular formula is C12H7F2N3O. The number of hydrogen-bond donors (Lipinski definition) is 0. The first-order valence-electron chi connectivity index (χ1n) is 4.99. The van der Waals surface area contributed by atoms with E-state index in [1.807, 2.05) is 0 Å². The third-order valence-electron chi connectivity index (χ3n) is 2.35. The lowest BCUT2D eigenvalue weighted by Gasteiger charge is -2.10. The molecule has 0 unspecified atom stereocenters. The molecular weight excluding hydrogens is 240 g/mol.